The highest BCUT2D eigenvalue weighted by Crippen LogP contribution is 2.26. The lowest BCUT2D eigenvalue weighted by Gasteiger charge is -2.26. The van der Waals surface area contributed by atoms with E-state index in [1.54, 1.807) is 6.07 Å². The van der Waals surface area contributed by atoms with Crippen molar-refractivity contribution in [2.75, 3.05) is 6.54 Å². The standard InChI is InChI=1S/C17H26FNO/c1-3-19-11-14-7-8-17(18)15(10-14)12-20-16-6-4-5-13(2)9-16/h7-8,10,13,16,19H,3-6,9,11-12H2,1-2H3. The van der Waals surface area contributed by atoms with Gasteiger partial charge in [-0.3, -0.25) is 0 Å². The fourth-order valence-electron chi connectivity index (χ4n) is 2.86. The van der Waals surface area contributed by atoms with Gasteiger partial charge in [-0.1, -0.05) is 32.8 Å². The zero-order valence-corrected chi connectivity index (χ0v) is 12.6. The van der Waals surface area contributed by atoms with E-state index < -0.39 is 0 Å². The lowest BCUT2D eigenvalue weighted by atomic mass is 9.89. The molecule has 20 heavy (non-hydrogen) atoms. The summed E-state index contributed by atoms with van der Waals surface area (Å²) in [7, 11) is 0. The van der Waals surface area contributed by atoms with Gasteiger partial charge in [-0.05, 0) is 43.0 Å². The van der Waals surface area contributed by atoms with E-state index in [1.807, 2.05) is 12.1 Å². The molecule has 1 saturated carbocycles. The number of nitrogens with one attached hydrogen (secondary N) is 1. The van der Waals surface area contributed by atoms with Crippen molar-refractivity contribution in [3.05, 3.63) is 35.1 Å². The van der Waals surface area contributed by atoms with Gasteiger partial charge in [0.05, 0.1) is 12.7 Å². The molecule has 0 bridgehead atoms. The molecule has 1 fully saturated rings. The minimum Gasteiger partial charge on any atom is -0.373 e. The number of rotatable bonds is 6. The van der Waals surface area contributed by atoms with Gasteiger partial charge >= 0.3 is 0 Å². The highest BCUT2D eigenvalue weighted by molar-refractivity contribution is 5.24. The fourth-order valence-corrected chi connectivity index (χ4v) is 2.86. The second-order valence-corrected chi connectivity index (χ2v) is 5.91. The Morgan fingerprint density at radius 1 is 1.35 bits per heavy atom. The van der Waals surface area contributed by atoms with Gasteiger partial charge < -0.3 is 10.1 Å². The third-order valence-corrected chi connectivity index (χ3v) is 4.05. The van der Waals surface area contributed by atoms with Gasteiger partial charge in [0.15, 0.2) is 0 Å². The molecular weight excluding hydrogens is 253 g/mol. The molecule has 1 aromatic carbocycles. The molecule has 0 heterocycles. The lowest BCUT2D eigenvalue weighted by Crippen LogP contribution is -2.21. The highest BCUT2D eigenvalue weighted by atomic mass is 19.1. The van der Waals surface area contributed by atoms with Crippen LogP contribution in [0.3, 0.4) is 0 Å². The van der Waals surface area contributed by atoms with Crippen LogP contribution in [0, 0.1) is 11.7 Å². The Balaban J connectivity index is 1.90. The average molecular weight is 279 g/mol. The Bertz CT molecular complexity index is 421. The first kappa shape index (κ1) is 15.5. The molecule has 2 nitrogen and oxygen atoms in total. The van der Waals surface area contributed by atoms with Crippen molar-refractivity contribution in [2.24, 2.45) is 5.92 Å². The minimum atomic E-state index is -0.158. The van der Waals surface area contributed by atoms with Crippen molar-refractivity contribution in [1.82, 2.24) is 5.32 Å². The third kappa shape index (κ3) is 4.57. The number of halogens is 1. The van der Waals surface area contributed by atoms with Crippen molar-refractivity contribution < 1.29 is 9.13 Å². The van der Waals surface area contributed by atoms with Gasteiger partial charge in [-0.2, -0.15) is 0 Å². The van der Waals surface area contributed by atoms with E-state index >= 15 is 0 Å². The highest BCUT2D eigenvalue weighted by Gasteiger charge is 2.19. The summed E-state index contributed by atoms with van der Waals surface area (Å²) in [4.78, 5) is 0. The van der Waals surface area contributed by atoms with Crippen LogP contribution in [0.5, 0.6) is 0 Å². The Kier molecular flexibility index (Phi) is 5.99. The van der Waals surface area contributed by atoms with Crippen LogP contribution in [0.1, 0.15) is 50.7 Å². The van der Waals surface area contributed by atoms with Crippen LogP contribution in [0.2, 0.25) is 0 Å². The maximum atomic E-state index is 13.8. The van der Waals surface area contributed by atoms with Crippen molar-refractivity contribution in [3.63, 3.8) is 0 Å². The molecule has 0 aromatic heterocycles. The van der Waals surface area contributed by atoms with Crippen molar-refractivity contribution in [3.8, 4) is 0 Å². The van der Waals surface area contributed by atoms with Gasteiger partial charge in [-0.25, -0.2) is 4.39 Å². The number of hydrogen-bond acceptors (Lipinski definition) is 2. The second kappa shape index (κ2) is 7.75. The van der Waals surface area contributed by atoms with E-state index in [4.69, 9.17) is 4.74 Å². The summed E-state index contributed by atoms with van der Waals surface area (Å²) in [5.74, 6) is 0.577. The molecule has 112 valence electrons. The molecule has 1 aromatic rings. The SMILES string of the molecule is CCNCc1ccc(F)c(COC2CCCC(C)C2)c1. The molecule has 1 aliphatic rings. The molecule has 0 spiro atoms. The molecule has 2 unspecified atom stereocenters. The predicted octanol–water partition coefficient (Wildman–Crippen LogP) is 4.03. The molecule has 0 amide bonds. The Morgan fingerprint density at radius 2 is 2.20 bits per heavy atom. The zero-order chi connectivity index (χ0) is 14.4. The summed E-state index contributed by atoms with van der Waals surface area (Å²) in [6.45, 7) is 6.43. The van der Waals surface area contributed by atoms with E-state index in [-0.39, 0.29) is 5.82 Å². The third-order valence-electron chi connectivity index (χ3n) is 4.05. The first-order chi connectivity index (χ1) is 9.69. The summed E-state index contributed by atoms with van der Waals surface area (Å²) in [5, 5.41) is 3.26. The quantitative estimate of drug-likeness (QED) is 0.849. The molecule has 1 aliphatic carbocycles. The first-order valence-electron chi connectivity index (χ1n) is 7.78. The molecule has 3 heteroatoms. The van der Waals surface area contributed by atoms with Gasteiger partial charge in [0.25, 0.3) is 0 Å². The fraction of sp³-hybridized carbons (Fsp3) is 0.647. The van der Waals surface area contributed by atoms with Crippen LogP contribution in [-0.2, 0) is 17.9 Å². The number of benzene rings is 1. The second-order valence-electron chi connectivity index (χ2n) is 5.91. The molecule has 1 N–H and O–H groups in total. The normalized spacial score (nSPS) is 22.9. The molecule has 2 rings (SSSR count). The minimum absolute atomic E-state index is 0.158. The first-order valence-corrected chi connectivity index (χ1v) is 7.78. The van der Waals surface area contributed by atoms with Gasteiger partial charge in [0.1, 0.15) is 5.82 Å². The molecule has 0 saturated heterocycles. The van der Waals surface area contributed by atoms with Crippen LogP contribution < -0.4 is 5.32 Å². The maximum Gasteiger partial charge on any atom is 0.128 e. The molecule has 0 aliphatic heterocycles. The van der Waals surface area contributed by atoms with Gasteiger partial charge in [0, 0.05) is 12.1 Å². The summed E-state index contributed by atoms with van der Waals surface area (Å²) < 4.78 is 19.7. The number of hydrogen-bond donors (Lipinski definition) is 1. The van der Waals surface area contributed by atoms with E-state index in [9.17, 15) is 4.39 Å². The van der Waals surface area contributed by atoms with E-state index in [0.29, 0.717) is 18.3 Å². The Labute approximate surface area is 121 Å². The smallest absolute Gasteiger partial charge is 0.128 e. The number of ether oxygens (including phenoxy) is 1. The van der Waals surface area contributed by atoms with Crippen molar-refractivity contribution in [1.29, 1.82) is 0 Å². The summed E-state index contributed by atoms with van der Waals surface area (Å²) >= 11 is 0. The summed E-state index contributed by atoms with van der Waals surface area (Å²) in [6, 6.07) is 5.31. The lowest BCUT2D eigenvalue weighted by molar-refractivity contribution is 0.00350. The van der Waals surface area contributed by atoms with Crippen LogP contribution in [0.25, 0.3) is 0 Å². The van der Waals surface area contributed by atoms with Gasteiger partial charge in [-0.15, -0.1) is 0 Å². The van der Waals surface area contributed by atoms with E-state index in [1.165, 1.54) is 12.8 Å². The van der Waals surface area contributed by atoms with Crippen LogP contribution >= 0.6 is 0 Å². The van der Waals surface area contributed by atoms with Crippen molar-refractivity contribution in [2.45, 2.75) is 58.8 Å². The maximum absolute atomic E-state index is 13.8. The van der Waals surface area contributed by atoms with Crippen molar-refractivity contribution >= 4 is 0 Å². The largest absolute Gasteiger partial charge is 0.373 e. The summed E-state index contributed by atoms with van der Waals surface area (Å²) in [5.41, 5.74) is 1.79. The Morgan fingerprint density at radius 3 is 2.95 bits per heavy atom. The van der Waals surface area contributed by atoms with E-state index in [0.717, 1.165) is 37.4 Å². The topological polar surface area (TPSA) is 21.3 Å². The van der Waals surface area contributed by atoms with Gasteiger partial charge in [0.2, 0.25) is 0 Å². The predicted molar refractivity (Wildman–Crippen MR) is 80.0 cm³/mol. The van der Waals surface area contributed by atoms with Crippen LogP contribution in [-0.4, -0.2) is 12.6 Å². The molecular formula is C17H26FNO. The monoisotopic (exact) mass is 279 g/mol. The van der Waals surface area contributed by atoms with Crippen LogP contribution in [0.4, 0.5) is 4.39 Å². The zero-order valence-electron chi connectivity index (χ0n) is 12.6. The average Bonchev–Trinajstić information content (AvgIpc) is 2.45. The van der Waals surface area contributed by atoms with Crippen LogP contribution in [0.15, 0.2) is 18.2 Å². The summed E-state index contributed by atoms with van der Waals surface area (Å²) in [6.07, 6.45) is 5.05. The Hall–Kier alpha value is -0.930. The molecule has 2 atom stereocenters. The van der Waals surface area contributed by atoms with E-state index in [2.05, 4.69) is 19.2 Å². The molecule has 0 radical (unpaired) electrons.